The first kappa shape index (κ1) is 14.1. The second-order valence-corrected chi connectivity index (χ2v) is 4.42. The van der Waals surface area contributed by atoms with Crippen LogP contribution in [0.15, 0.2) is 47.6 Å². The Balaban J connectivity index is 2.13. The van der Waals surface area contributed by atoms with Crippen LogP contribution in [0, 0.1) is 5.82 Å². The van der Waals surface area contributed by atoms with Gasteiger partial charge in [-0.3, -0.25) is 0 Å². The highest BCUT2D eigenvalue weighted by molar-refractivity contribution is 6.32. The third-order valence-electron chi connectivity index (χ3n) is 2.68. The Morgan fingerprint density at radius 1 is 1.30 bits per heavy atom. The van der Waals surface area contributed by atoms with E-state index in [0.29, 0.717) is 21.9 Å². The summed E-state index contributed by atoms with van der Waals surface area (Å²) in [4.78, 5) is 0. The van der Waals surface area contributed by atoms with Gasteiger partial charge >= 0.3 is 0 Å². The number of hydrogen-bond donors (Lipinski definition) is 2. The van der Waals surface area contributed by atoms with Gasteiger partial charge in [-0.25, -0.2) is 4.39 Å². The lowest BCUT2D eigenvalue weighted by Crippen LogP contribution is -2.12. The molecule has 0 unspecified atom stereocenters. The molecule has 104 valence electrons. The number of amidine groups is 1. The summed E-state index contributed by atoms with van der Waals surface area (Å²) in [5, 5.41) is 11.8. The molecular formula is C14H12ClFN2O2. The minimum absolute atomic E-state index is 0.0486. The van der Waals surface area contributed by atoms with E-state index in [4.69, 9.17) is 27.3 Å². The Labute approximate surface area is 120 Å². The number of nitrogens with two attached hydrogens (primary N) is 1. The van der Waals surface area contributed by atoms with Gasteiger partial charge in [0.25, 0.3) is 0 Å². The Morgan fingerprint density at radius 2 is 2.05 bits per heavy atom. The minimum Gasteiger partial charge on any atom is -0.487 e. The molecule has 20 heavy (non-hydrogen) atoms. The number of ether oxygens (including phenoxy) is 1. The van der Waals surface area contributed by atoms with Crippen molar-refractivity contribution < 1.29 is 14.3 Å². The maximum absolute atomic E-state index is 13.4. The summed E-state index contributed by atoms with van der Waals surface area (Å²) in [6.45, 7) is 0.0648. The van der Waals surface area contributed by atoms with E-state index in [0.717, 1.165) is 0 Å². The van der Waals surface area contributed by atoms with Crippen molar-refractivity contribution in [1.29, 1.82) is 0 Å². The van der Waals surface area contributed by atoms with Crippen LogP contribution < -0.4 is 10.5 Å². The average Bonchev–Trinajstić information content (AvgIpc) is 2.46. The molecule has 0 saturated heterocycles. The Morgan fingerprint density at radius 3 is 2.70 bits per heavy atom. The summed E-state index contributed by atoms with van der Waals surface area (Å²) in [7, 11) is 0. The molecule has 0 aromatic heterocycles. The molecule has 4 nitrogen and oxygen atoms in total. The summed E-state index contributed by atoms with van der Waals surface area (Å²) in [5.74, 6) is 0.00821. The van der Waals surface area contributed by atoms with Crippen molar-refractivity contribution in [2.75, 3.05) is 0 Å². The fourth-order valence-electron chi connectivity index (χ4n) is 1.61. The van der Waals surface area contributed by atoms with Crippen molar-refractivity contribution >= 4 is 17.4 Å². The van der Waals surface area contributed by atoms with Crippen LogP contribution in [-0.2, 0) is 6.61 Å². The standard InChI is InChI=1S/C14H12ClFN2O2/c15-11-7-9(14(17)18-19)5-6-13(11)20-8-10-3-1-2-4-12(10)16/h1-7,19H,8H2,(H2,17,18). The summed E-state index contributed by atoms with van der Waals surface area (Å²) >= 11 is 6.03. The molecule has 0 amide bonds. The molecule has 0 fully saturated rings. The highest BCUT2D eigenvalue weighted by Gasteiger charge is 2.07. The number of halogens is 2. The van der Waals surface area contributed by atoms with Crippen molar-refractivity contribution in [3.8, 4) is 5.75 Å². The molecule has 2 aromatic rings. The molecule has 6 heteroatoms. The van der Waals surface area contributed by atoms with Crippen LogP contribution in [-0.4, -0.2) is 11.0 Å². The van der Waals surface area contributed by atoms with E-state index in [9.17, 15) is 4.39 Å². The zero-order valence-corrected chi connectivity index (χ0v) is 11.1. The minimum atomic E-state index is -0.336. The van der Waals surface area contributed by atoms with Gasteiger partial charge in [0, 0.05) is 11.1 Å². The van der Waals surface area contributed by atoms with E-state index in [-0.39, 0.29) is 18.3 Å². The molecule has 0 spiro atoms. The lowest BCUT2D eigenvalue weighted by atomic mass is 10.2. The lowest BCUT2D eigenvalue weighted by molar-refractivity contribution is 0.300. The average molecular weight is 295 g/mol. The van der Waals surface area contributed by atoms with Crippen LogP contribution in [0.25, 0.3) is 0 Å². The van der Waals surface area contributed by atoms with Crippen LogP contribution in [0.2, 0.25) is 5.02 Å². The van der Waals surface area contributed by atoms with Gasteiger partial charge in [-0.1, -0.05) is 35.0 Å². The lowest BCUT2D eigenvalue weighted by Gasteiger charge is -2.09. The molecule has 3 N–H and O–H groups in total. The van der Waals surface area contributed by atoms with E-state index in [1.807, 2.05) is 0 Å². The molecule has 0 saturated carbocycles. The van der Waals surface area contributed by atoms with Gasteiger partial charge in [0.2, 0.25) is 0 Å². The van der Waals surface area contributed by atoms with Crippen molar-refractivity contribution in [3.05, 3.63) is 64.4 Å². The highest BCUT2D eigenvalue weighted by atomic mass is 35.5. The van der Waals surface area contributed by atoms with Gasteiger partial charge in [-0.2, -0.15) is 0 Å². The highest BCUT2D eigenvalue weighted by Crippen LogP contribution is 2.26. The van der Waals surface area contributed by atoms with Gasteiger partial charge in [0.15, 0.2) is 5.84 Å². The van der Waals surface area contributed by atoms with Gasteiger partial charge in [-0.15, -0.1) is 0 Å². The number of rotatable bonds is 4. The molecule has 0 radical (unpaired) electrons. The summed E-state index contributed by atoms with van der Waals surface area (Å²) in [5.41, 5.74) is 6.35. The van der Waals surface area contributed by atoms with Gasteiger partial charge < -0.3 is 15.7 Å². The van der Waals surface area contributed by atoms with Crippen LogP contribution in [0.5, 0.6) is 5.75 Å². The molecule has 2 aromatic carbocycles. The first-order chi connectivity index (χ1) is 9.61. The first-order valence-electron chi connectivity index (χ1n) is 5.75. The van der Waals surface area contributed by atoms with Gasteiger partial charge in [-0.05, 0) is 24.3 Å². The maximum Gasteiger partial charge on any atom is 0.170 e. The molecule has 0 aliphatic rings. The number of benzene rings is 2. The topological polar surface area (TPSA) is 67.8 Å². The first-order valence-corrected chi connectivity index (χ1v) is 6.13. The fourth-order valence-corrected chi connectivity index (χ4v) is 1.84. The van der Waals surface area contributed by atoms with Gasteiger partial charge in [0.1, 0.15) is 18.2 Å². The maximum atomic E-state index is 13.4. The number of oxime groups is 1. The molecule has 0 aliphatic carbocycles. The second-order valence-electron chi connectivity index (χ2n) is 4.01. The van der Waals surface area contributed by atoms with Gasteiger partial charge in [0.05, 0.1) is 5.02 Å². The van der Waals surface area contributed by atoms with Crippen LogP contribution in [0.4, 0.5) is 4.39 Å². The van der Waals surface area contributed by atoms with Crippen molar-refractivity contribution in [2.45, 2.75) is 6.61 Å². The molecular weight excluding hydrogens is 283 g/mol. The van der Waals surface area contributed by atoms with E-state index in [1.165, 1.54) is 12.1 Å². The van der Waals surface area contributed by atoms with E-state index in [2.05, 4.69) is 5.16 Å². The molecule has 0 bridgehead atoms. The third kappa shape index (κ3) is 3.19. The Kier molecular flexibility index (Phi) is 4.42. The quantitative estimate of drug-likeness (QED) is 0.394. The zero-order valence-electron chi connectivity index (χ0n) is 10.4. The van der Waals surface area contributed by atoms with Crippen LogP contribution in [0.3, 0.4) is 0 Å². The summed E-state index contributed by atoms with van der Waals surface area (Å²) in [6, 6.07) is 11.0. The monoisotopic (exact) mass is 294 g/mol. The summed E-state index contributed by atoms with van der Waals surface area (Å²) < 4.78 is 18.9. The summed E-state index contributed by atoms with van der Waals surface area (Å²) in [6.07, 6.45) is 0. The Hall–Kier alpha value is -2.27. The number of hydrogen-bond acceptors (Lipinski definition) is 3. The van der Waals surface area contributed by atoms with Crippen LogP contribution >= 0.6 is 11.6 Å². The van der Waals surface area contributed by atoms with Crippen molar-refractivity contribution in [1.82, 2.24) is 0 Å². The van der Waals surface area contributed by atoms with Crippen molar-refractivity contribution in [2.24, 2.45) is 10.9 Å². The fraction of sp³-hybridized carbons (Fsp3) is 0.0714. The predicted octanol–water partition coefficient (Wildman–Crippen LogP) is 3.15. The van der Waals surface area contributed by atoms with Crippen LogP contribution in [0.1, 0.15) is 11.1 Å². The Bertz CT molecular complexity index is 647. The predicted molar refractivity (Wildman–Crippen MR) is 74.7 cm³/mol. The van der Waals surface area contributed by atoms with E-state index >= 15 is 0 Å². The molecule has 0 aliphatic heterocycles. The molecule has 2 rings (SSSR count). The zero-order chi connectivity index (χ0) is 14.5. The largest absolute Gasteiger partial charge is 0.487 e. The van der Waals surface area contributed by atoms with E-state index < -0.39 is 0 Å². The molecule has 0 atom stereocenters. The number of nitrogens with zero attached hydrogens (tertiary/aromatic N) is 1. The van der Waals surface area contributed by atoms with Crippen molar-refractivity contribution in [3.63, 3.8) is 0 Å². The van der Waals surface area contributed by atoms with E-state index in [1.54, 1.807) is 30.3 Å². The third-order valence-corrected chi connectivity index (χ3v) is 2.97. The normalized spacial score (nSPS) is 11.4. The smallest absolute Gasteiger partial charge is 0.170 e. The second kappa shape index (κ2) is 6.25. The molecule has 0 heterocycles. The SMILES string of the molecule is NC(=NO)c1ccc(OCc2ccccc2F)c(Cl)c1.